The van der Waals surface area contributed by atoms with Crippen LogP contribution in [0, 0.1) is 11.7 Å². The smallest absolute Gasteiger partial charge is 0.141 e. The van der Waals surface area contributed by atoms with Gasteiger partial charge in [-0.25, -0.2) is 9.37 Å². The minimum atomic E-state index is -0.844. The molecule has 0 aliphatic heterocycles. The molecule has 3 atom stereocenters. The van der Waals surface area contributed by atoms with E-state index in [1.54, 1.807) is 29.2 Å². The SMILES string of the molecule is C[C@H](C[C@H](N)c1ncc(-c2cncs2)s1)C(O)Nc1ccc(F)c(Cl)c1. The predicted molar refractivity (Wildman–Crippen MR) is 105 cm³/mol. The molecule has 4 N–H and O–H groups in total. The number of aromatic nitrogens is 2. The highest BCUT2D eigenvalue weighted by Gasteiger charge is 2.21. The van der Waals surface area contributed by atoms with Crippen molar-refractivity contribution in [3.63, 3.8) is 0 Å². The zero-order chi connectivity index (χ0) is 18.7. The molecule has 1 unspecified atom stereocenters. The van der Waals surface area contributed by atoms with Crippen molar-refractivity contribution in [3.8, 4) is 9.75 Å². The van der Waals surface area contributed by atoms with Crippen LogP contribution in [0.2, 0.25) is 5.02 Å². The number of hydrogen-bond acceptors (Lipinski definition) is 7. The number of nitrogens with zero attached hydrogens (tertiary/aromatic N) is 2. The first-order valence-electron chi connectivity index (χ1n) is 7.94. The fraction of sp³-hybridized carbons (Fsp3) is 0.294. The van der Waals surface area contributed by atoms with Crippen molar-refractivity contribution in [2.75, 3.05) is 5.32 Å². The number of thiazole rings is 2. The highest BCUT2D eigenvalue weighted by molar-refractivity contribution is 7.21. The summed E-state index contributed by atoms with van der Waals surface area (Å²) in [5.74, 6) is -0.646. The molecule has 0 bridgehead atoms. The minimum absolute atomic E-state index is 0.00457. The summed E-state index contributed by atoms with van der Waals surface area (Å²) in [6, 6.07) is 3.93. The first kappa shape index (κ1) is 19.2. The maximum atomic E-state index is 13.2. The summed E-state index contributed by atoms with van der Waals surface area (Å²) in [5, 5.41) is 14.1. The molecule has 0 aliphatic carbocycles. The molecule has 0 saturated heterocycles. The Hall–Kier alpha value is -1.58. The van der Waals surface area contributed by atoms with Crippen LogP contribution < -0.4 is 11.1 Å². The number of benzene rings is 1. The normalized spacial score (nSPS) is 14.8. The summed E-state index contributed by atoms with van der Waals surface area (Å²) in [4.78, 5) is 10.6. The van der Waals surface area contributed by atoms with Gasteiger partial charge < -0.3 is 16.2 Å². The molecule has 0 saturated carbocycles. The van der Waals surface area contributed by atoms with Gasteiger partial charge in [-0.2, -0.15) is 0 Å². The van der Waals surface area contributed by atoms with Crippen molar-refractivity contribution in [1.82, 2.24) is 9.97 Å². The Morgan fingerprint density at radius 1 is 1.35 bits per heavy atom. The molecule has 3 rings (SSSR count). The minimum Gasteiger partial charge on any atom is -0.374 e. The lowest BCUT2D eigenvalue weighted by atomic mass is 10.0. The molecule has 0 spiro atoms. The molecule has 26 heavy (non-hydrogen) atoms. The third kappa shape index (κ3) is 4.57. The molecule has 0 fully saturated rings. The Labute approximate surface area is 163 Å². The van der Waals surface area contributed by atoms with E-state index in [0.29, 0.717) is 12.1 Å². The Kier molecular flexibility index (Phi) is 6.20. The Balaban J connectivity index is 1.59. The highest BCUT2D eigenvalue weighted by Crippen LogP contribution is 2.33. The Morgan fingerprint density at radius 3 is 2.85 bits per heavy atom. The second-order valence-corrected chi connectivity index (χ2v) is 8.32. The molecule has 3 aromatic rings. The number of nitrogens with two attached hydrogens (primary N) is 1. The first-order valence-corrected chi connectivity index (χ1v) is 10.0. The third-order valence-corrected chi connectivity index (χ3v) is 6.30. The molecular formula is C17H18ClFN4OS2. The van der Waals surface area contributed by atoms with Crippen LogP contribution in [0.4, 0.5) is 10.1 Å². The summed E-state index contributed by atoms with van der Waals surface area (Å²) < 4.78 is 13.2. The van der Waals surface area contributed by atoms with Crippen molar-refractivity contribution in [2.45, 2.75) is 25.6 Å². The van der Waals surface area contributed by atoms with Crippen molar-refractivity contribution in [3.05, 3.63) is 52.0 Å². The zero-order valence-electron chi connectivity index (χ0n) is 13.9. The van der Waals surface area contributed by atoms with Gasteiger partial charge in [0.2, 0.25) is 0 Å². The number of hydrogen-bond donors (Lipinski definition) is 3. The summed E-state index contributed by atoms with van der Waals surface area (Å²) in [5.41, 5.74) is 8.59. The summed E-state index contributed by atoms with van der Waals surface area (Å²) in [7, 11) is 0. The van der Waals surface area contributed by atoms with E-state index in [2.05, 4.69) is 15.3 Å². The summed E-state index contributed by atoms with van der Waals surface area (Å²) >= 11 is 8.85. The number of rotatable bonds is 7. The maximum absolute atomic E-state index is 13.2. The van der Waals surface area contributed by atoms with Crippen molar-refractivity contribution >= 4 is 40.0 Å². The molecule has 5 nitrogen and oxygen atoms in total. The lowest BCUT2D eigenvalue weighted by molar-refractivity contribution is 0.134. The van der Waals surface area contributed by atoms with Crippen LogP contribution in [0.5, 0.6) is 0 Å². The quantitative estimate of drug-likeness (QED) is 0.497. The Morgan fingerprint density at radius 2 is 2.15 bits per heavy atom. The van der Waals surface area contributed by atoms with E-state index < -0.39 is 12.0 Å². The second-order valence-electron chi connectivity index (χ2n) is 5.97. The zero-order valence-corrected chi connectivity index (χ0v) is 16.3. The van der Waals surface area contributed by atoms with Gasteiger partial charge in [-0.3, -0.25) is 4.98 Å². The highest BCUT2D eigenvalue weighted by atomic mass is 35.5. The number of nitrogens with one attached hydrogen (secondary N) is 1. The first-order chi connectivity index (χ1) is 12.4. The Bertz CT molecular complexity index is 858. The van der Waals surface area contributed by atoms with Gasteiger partial charge in [-0.1, -0.05) is 18.5 Å². The fourth-order valence-corrected chi connectivity index (χ4v) is 4.25. The van der Waals surface area contributed by atoms with E-state index in [1.807, 2.05) is 6.92 Å². The summed E-state index contributed by atoms with van der Waals surface area (Å²) in [6.45, 7) is 1.89. The van der Waals surface area contributed by atoms with Crippen LogP contribution in [-0.2, 0) is 0 Å². The maximum Gasteiger partial charge on any atom is 0.141 e. The average Bonchev–Trinajstić information content (AvgIpc) is 3.28. The van der Waals surface area contributed by atoms with Crippen LogP contribution in [0.1, 0.15) is 24.4 Å². The van der Waals surface area contributed by atoms with Gasteiger partial charge in [0.15, 0.2) is 0 Å². The molecule has 9 heteroatoms. The van der Waals surface area contributed by atoms with Gasteiger partial charge in [0.05, 0.1) is 26.3 Å². The van der Waals surface area contributed by atoms with Crippen LogP contribution in [0.15, 0.2) is 36.1 Å². The number of halogens is 2. The number of aliphatic hydroxyl groups is 1. The van der Waals surface area contributed by atoms with E-state index >= 15 is 0 Å². The van der Waals surface area contributed by atoms with Gasteiger partial charge in [-0.15, -0.1) is 22.7 Å². The molecule has 2 heterocycles. The number of anilines is 1. The van der Waals surface area contributed by atoms with Gasteiger partial charge >= 0.3 is 0 Å². The topological polar surface area (TPSA) is 84.1 Å². The molecular weight excluding hydrogens is 395 g/mol. The molecule has 0 amide bonds. The van der Waals surface area contributed by atoms with Crippen molar-refractivity contribution in [1.29, 1.82) is 0 Å². The van der Waals surface area contributed by atoms with E-state index in [9.17, 15) is 9.50 Å². The molecule has 2 aromatic heterocycles. The second kappa shape index (κ2) is 8.41. The third-order valence-electron chi connectivity index (χ3n) is 3.91. The largest absolute Gasteiger partial charge is 0.374 e. The molecule has 0 aliphatic rings. The fourth-order valence-electron chi connectivity index (χ4n) is 2.44. The van der Waals surface area contributed by atoms with Crippen molar-refractivity contribution < 1.29 is 9.50 Å². The van der Waals surface area contributed by atoms with Gasteiger partial charge in [-0.05, 0) is 24.6 Å². The van der Waals surface area contributed by atoms with E-state index in [1.165, 1.54) is 29.5 Å². The van der Waals surface area contributed by atoms with Crippen molar-refractivity contribution in [2.24, 2.45) is 11.7 Å². The summed E-state index contributed by atoms with van der Waals surface area (Å²) in [6.07, 6.45) is 3.30. The lowest BCUT2D eigenvalue weighted by Gasteiger charge is -2.23. The van der Waals surface area contributed by atoms with E-state index in [4.69, 9.17) is 17.3 Å². The van der Waals surface area contributed by atoms with Gasteiger partial charge in [0.1, 0.15) is 17.1 Å². The molecule has 138 valence electrons. The lowest BCUT2D eigenvalue weighted by Crippen LogP contribution is -2.29. The van der Waals surface area contributed by atoms with E-state index in [-0.39, 0.29) is 17.0 Å². The van der Waals surface area contributed by atoms with Crippen LogP contribution in [0.3, 0.4) is 0 Å². The average molecular weight is 413 g/mol. The molecule has 0 radical (unpaired) electrons. The standard InChI is InChI=1S/C17H18ClFN4OS2/c1-9(16(24)23-10-2-3-12(19)11(18)5-10)4-13(20)17-22-7-15(26-17)14-6-21-8-25-14/h2-3,5-9,13,16,23-24H,4,20H2,1H3/t9-,13+,16?/m1/s1. The predicted octanol–water partition coefficient (Wildman–Crippen LogP) is 4.52. The van der Waals surface area contributed by atoms with Crippen LogP contribution >= 0.6 is 34.3 Å². The van der Waals surface area contributed by atoms with Gasteiger partial charge in [0.25, 0.3) is 0 Å². The number of aliphatic hydroxyl groups excluding tert-OH is 1. The van der Waals surface area contributed by atoms with Gasteiger partial charge in [0, 0.05) is 24.0 Å². The van der Waals surface area contributed by atoms with Crippen LogP contribution in [0.25, 0.3) is 9.75 Å². The van der Waals surface area contributed by atoms with Crippen LogP contribution in [-0.4, -0.2) is 21.3 Å². The monoisotopic (exact) mass is 412 g/mol. The van der Waals surface area contributed by atoms with E-state index in [0.717, 1.165) is 14.8 Å². The molecule has 1 aromatic carbocycles.